The van der Waals surface area contributed by atoms with Crippen LogP contribution in [0.2, 0.25) is 0 Å². The van der Waals surface area contributed by atoms with E-state index in [0.29, 0.717) is 5.75 Å². The summed E-state index contributed by atoms with van der Waals surface area (Å²) >= 11 is 0. The number of amides is 1. The van der Waals surface area contributed by atoms with Crippen LogP contribution < -0.4 is 19.6 Å². The summed E-state index contributed by atoms with van der Waals surface area (Å²) in [7, 11) is 2.75. The number of hydrazone groups is 1. The van der Waals surface area contributed by atoms with Crippen molar-refractivity contribution >= 4 is 18.1 Å². The standard InChI is InChI=1S/C18H18N2O6/c1-24-14-9-8-12(16(18(22)23)17(14)25-2)10-19-20-15(21)11-26-13-6-4-3-5-7-13/h3-10H,11H2,1-2H3,(H,20,21)(H,22,23). The minimum absolute atomic E-state index is 0.0719. The Bertz CT molecular complexity index is 805. The van der Waals surface area contributed by atoms with Crippen molar-refractivity contribution in [2.75, 3.05) is 20.8 Å². The van der Waals surface area contributed by atoms with Gasteiger partial charge >= 0.3 is 5.97 Å². The lowest BCUT2D eigenvalue weighted by Gasteiger charge is -2.12. The molecule has 0 radical (unpaired) electrons. The monoisotopic (exact) mass is 358 g/mol. The van der Waals surface area contributed by atoms with Crippen LogP contribution in [-0.4, -0.2) is 44.0 Å². The molecule has 0 saturated carbocycles. The first-order valence-corrected chi connectivity index (χ1v) is 7.54. The first-order chi connectivity index (χ1) is 12.6. The summed E-state index contributed by atoms with van der Waals surface area (Å²) in [6.07, 6.45) is 1.21. The zero-order valence-corrected chi connectivity index (χ0v) is 14.3. The molecular formula is C18H18N2O6. The van der Waals surface area contributed by atoms with E-state index >= 15 is 0 Å². The second-order valence-electron chi connectivity index (χ2n) is 4.97. The molecule has 0 aromatic heterocycles. The molecule has 0 saturated heterocycles. The number of hydrogen-bond acceptors (Lipinski definition) is 6. The van der Waals surface area contributed by atoms with E-state index in [1.54, 1.807) is 30.3 Å². The number of benzene rings is 2. The molecule has 0 unspecified atom stereocenters. The Balaban J connectivity index is 2.05. The fourth-order valence-corrected chi connectivity index (χ4v) is 2.14. The normalized spacial score (nSPS) is 10.4. The average Bonchev–Trinajstić information content (AvgIpc) is 2.66. The SMILES string of the molecule is COc1ccc(C=NNC(=O)COc2ccccc2)c(C(=O)O)c1OC. The molecular weight excluding hydrogens is 340 g/mol. The third-order valence-corrected chi connectivity index (χ3v) is 3.30. The van der Waals surface area contributed by atoms with Crippen LogP contribution in [0.25, 0.3) is 0 Å². The molecule has 136 valence electrons. The van der Waals surface area contributed by atoms with E-state index < -0.39 is 11.9 Å². The van der Waals surface area contributed by atoms with Crippen molar-refractivity contribution in [3.8, 4) is 17.2 Å². The molecule has 0 aliphatic heterocycles. The van der Waals surface area contributed by atoms with Gasteiger partial charge in [-0.25, -0.2) is 10.2 Å². The highest BCUT2D eigenvalue weighted by Crippen LogP contribution is 2.32. The maximum Gasteiger partial charge on any atom is 0.340 e. The molecule has 2 rings (SSSR count). The van der Waals surface area contributed by atoms with Crippen LogP contribution in [-0.2, 0) is 4.79 Å². The second-order valence-corrected chi connectivity index (χ2v) is 4.97. The summed E-state index contributed by atoms with van der Waals surface area (Å²) in [4.78, 5) is 23.3. The zero-order valence-electron chi connectivity index (χ0n) is 14.3. The zero-order chi connectivity index (χ0) is 18.9. The summed E-state index contributed by atoms with van der Waals surface area (Å²) in [6.45, 7) is -0.223. The van der Waals surface area contributed by atoms with E-state index in [4.69, 9.17) is 14.2 Å². The fraction of sp³-hybridized carbons (Fsp3) is 0.167. The van der Waals surface area contributed by atoms with Crippen LogP contribution in [0.1, 0.15) is 15.9 Å². The number of carbonyl (C=O) groups is 2. The quantitative estimate of drug-likeness (QED) is 0.552. The molecule has 0 spiro atoms. The van der Waals surface area contributed by atoms with Crippen molar-refractivity contribution < 1.29 is 28.9 Å². The lowest BCUT2D eigenvalue weighted by molar-refractivity contribution is -0.123. The number of nitrogens with one attached hydrogen (secondary N) is 1. The summed E-state index contributed by atoms with van der Waals surface area (Å²) in [5.41, 5.74) is 2.40. The van der Waals surface area contributed by atoms with Gasteiger partial charge in [-0.3, -0.25) is 4.79 Å². The number of carbonyl (C=O) groups excluding carboxylic acids is 1. The van der Waals surface area contributed by atoms with E-state index in [1.165, 1.54) is 26.5 Å². The van der Waals surface area contributed by atoms with Crippen molar-refractivity contribution in [3.63, 3.8) is 0 Å². The third kappa shape index (κ3) is 4.73. The Morgan fingerprint density at radius 2 is 1.85 bits per heavy atom. The molecule has 0 atom stereocenters. The number of rotatable bonds is 8. The van der Waals surface area contributed by atoms with Gasteiger partial charge in [0.2, 0.25) is 0 Å². The molecule has 0 aliphatic carbocycles. The van der Waals surface area contributed by atoms with Gasteiger partial charge in [0.15, 0.2) is 18.1 Å². The van der Waals surface area contributed by atoms with Crippen LogP contribution in [0.5, 0.6) is 17.2 Å². The Kier molecular flexibility index (Phi) is 6.55. The summed E-state index contributed by atoms with van der Waals surface area (Å²) in [5, 5.41) is 13.2. The van der Waals surface area contributed by atoms with Gasteiger partial charge in [-0.1, -0.05) is 18.2 Å². The van der Waals surface area contributed by atoms with Gasteiger partial charge in [0.25, 0.3) is 5.91 Å². The van der Waals surface area contributed by atoms with Crippen molar-refractivity contribution in [3.05, 3.63) is 53.6 Å². The molecule has 0 bridgehead atoms. The summed E-state index contributed by atoms with van der Waals surface area (Å²) in [5.74, 6) is -0.784. The average molecular weight is 358 g/mol. The second kappa shape index (κ2) is 9.07. The first-order valence-electron chi connectivity index (χ1n) is 7.54. The van der Waals surface area contributed by atoms with Crippen molar-refractivity contribution in [2.45, 2.75) is 0 Å². The molecule has 2 aromatic carbocycles. The van der Waals surface area contributed by atoms with E-state index in [0.717, 1.165) is 0 Å². The smallest absolute Gasteiger partial charge is 0.340 e. The maximum absolute atomic E-state index is 11.7. The van der Waals surface area contributed by atoms with Crippen molar-refractivity contribution in [1.82, 2.24) is 5.43 Å². The number of hydrogen-bond donors (Lipinski definition) is 2. The minimum atomic E-state index is -1.21. The highest BCUT2D eigenvalue weighted by atomic mass is 16.5. The number of ether oxygens (including phenoxy) is 3. The third-order valence-electron chi connectivity index (χ3n) is 3.30. The largest absolute Gasteiger partial charge is 0.493 e. The minimum Gasteiger partial charge on any atom is -0.493 e. The van der Waals surface area contributed by atoms with Crippen molar-refractivity contribution in [1.29, 1.82) is 0 Å². The Morgan fingerprint density at radius 1 is 1.12 bits per heavy atom. The number of carboxylic acid groups (broad SMARTS) is 1. The topological polar surface area (TPSA) is 106 Å². The fourth-order valence-electron chi connectivity index (χ4n) is 2.14. The molecule has 1 amide bonds. The Hall–Kier alpha value is -3.55. The molecule has 2 aromatic rings. The maximum atomic E-state index is 11.7. The number of methoxy groups -OCH3 is 2. The van der Waals surface area contributed by atoms with Gasteiger partial charge in [-0.05, 0) is 24.3 Å². The van der Waals surface area contributed by atoms with Crippen LogP contribution in [0.3, 0.4) is 0 Å². The predicted octanol–water partition coefficient (Wildman–Crippen LogP) is 1.93. The summed E-state index contributed by atoms with van der Waals surface area (Å²) < 4.78 is 15.5. The van der Waals surface area contributed by atoms with E-state index in [9.17, 15) is 14.7 Å². The van der Waals surface area contributed by atoms with E-state index in [1.807, 2.05) is 6.07 Å². The molecule has 26 heavy (non-hydrogen) atoms. The summed E-state index contributed by atoms with van der Waals surface area (Å²) in [6, 6.07) is 11.9. The highest BCUT2D eigenvalue weighted by molar-refractivity contribution is 6.02. The molecule has 8 heteroatoms. The van der Waals surface area contributed by atoms with Gasteiger partial charge in [0, 0.05) is 5.56 Å². The molecule has 2 N–H and O–H groups in total. The molecule has 0 heterocycles. The lowest BCUT2D eigenvalue weighted by Crippen LogP contribution is -2.24. The number of aromatic carboxylic acids is 1. The number of carboxylic acids is 1. The van der Waals surface area contributed by atoms with Gasteiger partial charge in [0.1, 0.15) is 11.3 Å². The van der Waals surface area contributed by atoms with Crippen LogP contribution in [0, 0.1) is 0 Å². The number of nitrogens with zero attached hydrogens (tertiary/aromatic N) is 1. The molecule has 0 fully saturated rings. The van der Waals surface area contributed by atoms with Gasteiger partial charge in [-0.15, -0.1) is 0 Å². The predicted molar refractivity (Wildman–Crippen MR) is 94.2 cm³/mol. The first kappa shape index (κ1) is 18.8. The van der Waals surface area contributed by atoms with Gasteiger partial charge in [0.05, 0.1) is 20.4 Å². The van der Waals surface area contributed by atoms with Crippen LogP contribution >= 0.6 is 0 Å². The van der Waals surface area contributed by atoms with Gasteiger partial charge < -0.3 is 19.3 Å². The lowest BCUT2D eigenvalue weighted by atomic mass is 10.1. The van der Waals surface area contributed by atoms with Crippen LogP contribution in [0.4, 0.5) is 0 Å². The van der Waals surface area contributed by atoms with Gasteiger partial charge in [-0.2, -0.15) is 5.10 Å². The molecule has 0 aliphatic rings. The van der Waals surface area contributed by atoms with Crippen molar-refractivity contribution in [2.24, 2.45) is 5.10 Å². The Labute approximate surface area is 150 Å². The van der Waals surface area contributed by atoms with E-state index in [2.05, 4.69) is 10.5 Å². The number of para-hydroxylation sites is 1. The highest BCUT2D eigenvalue weighted by Gasteiger charge is 2.20. The molecule has 8 nitrogen and oxygen atoms in total. The van der Waals surface area contributed by atoms with E-state index in [-0.39, 0.29) is 29.2 Å². The van der Waals surface area contributed by atoms with Crippen LogP contribution in [0.15, 0.2) is 47.6 Å². The Morgan fingerprint density at radius 3 is 2.46 bits per heavy atom.